The first-order valence-corrected chi connectivity index (χ1v) is 6.61. The number of amides is 1. The smallest absolute Gasteiger partial charge is 0.228 e. The number of carbonyl (C=O) groups excluding carboxylic acids is 1. The normalized spacial score (nSPS) is 10.1. The van der Waals surface area contributed by atoms with Gasteiger partial charge in [-0.25, -0.2) is 0 Å². The fraction of sp³-hybridized carbons (Fsp3) is 0.0714. The molecule has 4 heteroatoms. The summed E-state index contributed by atoms with van der Waals surface area (Å²) in [6.45, 7) is 0. The Bertz CT molecular complexity index is 554. The molecule has 2 aromatic carbocycles. The van der Waals surface area contributed by atoms with Gasteiger partial charge in [-0.3, -0.25) is 4.79 Å². The van der Waals surface area contributed by atoms with E-state index in [9.17, 15) is 4.79 Å². The zero-order chi connectivity index (χ0) is 13.0. The highest BCUT2D eigenvalue weighted by Gasteiger charge is 2.06. The third-order valence-electron chi connectivity index (χ3n) is 2.43. The topological polar surface area (TPSA) is 29.1 Å². The molecule has 92 valence electrons. The fourth-order valence-corrected chi connectivity index (χ4v) is 2.05. The molecule has 0 saturated heterocycles. The summed E-state index contributed by atoms with van der Waals surface area (Å²) in [4.78, 5) is 11.9. The van der Waals surface area contributed by atoms with Gasteiger partial charge in [-0.2, -0.15) is 0 Å². The molecule has 0 radical (unpaired) electrons. The summed E-state index contributed by atoms with van der Waals surface area (Å²) in [6, 6.07) is 14.8. The molecule has 0 unspecified atom stereocenters. The molecule has 1 amide bonds. The summed E-state index contributed by atoms with van der Waals surface area (Å²) >= 11 is 9.18. The molecule has 18 heavy (non-hydrogen) atoms. The highest BCUT2D eigenvalue weighted by atomic mass is 79.9. The third-order valence-corrected chi connectivity index (χ3v) is 3.37. The molecule has 2 nitrogen and oxygen atoms in total. The predicted octanol–water partition coefficient (Wildman–Crippen LogP) is 4.28. The highest BCUT2D eigenvalue weighted by Crippen LogP contribution is 2.21. The average Bonchev–Trinajstić information content (AvgIpc) is 2.35. The van der Waals surface area contributed by atoms with Crippen LogP contribution in [0.4, 0.5) is 5.69 Å². The van der Waals surface area contributed by atoms with Crippen molar-refractivity contribution in [1.29, 1.82) is 0 Å². The van der Waals surface area contributed by atoms with Gasteiger partial charge in [-0.05, 0) is 45.8 Å². The van der Waals surface area contributed by atoms with Crippen LogP contribution in [0.5, 0.6) is 0 Å². The summed E-state index contributed by atoms with van der Waals surface area (Å²) in [5.74, 6) is -0.0516. The number of hydrogen-bond donors (Lipinski definition) is 1. The number of hydrogen-bond acceptors (Lipinski definition) is 1. The molecule has 0 saturated carbocycles. The van der Waals surface area contributed by atoms with Gasteiger partial charge in [-0.1, -0.05) is 35.9 Å². The summed E-state index contributed by atoms with van der Waals surface area (Å²) in [6.07, 6.45) is 0.332. The maximum Gasteiger partial charge on any atom is 0.228 e. The summed E-state index contributed by atoms with van der Waals surface area (Å²) < 4.78 is 0.870. The van der Waals surface area contributed by atoms with Crippen molar-refractivity contribution in [3.63, 3.8) is 0 Å². The monoisotopic (exact) mass is 323 g/mol. The lowest BCUT2D eigenvalue weighted by Gasteiger charge is -2.07. The van der Waals surface area contributed by atoms with Gasteiger partial charge in [0.15, 0.2) is 0 Å². The molecule has 1 N–H and O–H groups in total. The van der Waals surface area contributed by atoms with E-state index in [4.69, 9.17) is 11.6 Å². The van der Waals surface area contributed by atoms with Crippen LogP contribution < -0.4 is 5.32 Å². The molecule has 0 bridgehead atoms. The molecule has 0 atom stereocenters. The first-order valence-electron chi connectivity index (χ1n) is 5.44. The molecule has 2 aromatic rings. The van der Waals surface area contributed by atoms with Gasteiger partial charge < -0.3 is 5.32 Å². The van der Waals surface area contributed by atoms with Crippen LogP contribution in [-0.2, 0) is 11.2 Å². The molecule has 0 aliphatic carbocycles. The van der Waals surface area contributed by atoms with E-state index in [1.807, 2.05) is 36.4 Å². The lowest BCUT2D eigenvalue weighted by atomic mass is 10.1. The van der Waals surface area contributed by atoms with E-state index in [2.05, 4.69) is 21.2 Å². The zero-order valence-electron chi connectivity index (χ0n) is 9.49. The van der Waals surface area contributed by atoms with Gasteiger partial charge in [0, 0.05) is 9.50 Å². The van der Waals surface area contributed by atoms with Crippen molar-refractivity contribution in [2.24, 2.45) is 0 Å². The summed E-state index contributed by atoms with van der Waals surface area (Å²) in [7, 11) is 0. The molecule has 0 aliphatic heterocycles. The minimum absolute atomic E-state index is 0.0516. The average molecular weight is 325 g/mol. The molecule has 2 rings (SSSR count). The lowest BCUT2D eigenvalue weighted by molar-refractivity contribution is -0.115. The molecule has 0 aliphatic rings. The Morgan fingerprint density at radius 1 is 1.11 bits per heavy atom. The van der Waals surface area contributed by atoms with E-state index in [-0.39, 0.29) is 5.91 Å². The second kappa shape index (κ2) is 6.03. The van der Waals surface area contributed by atoms with Gasteiger partial charge >= 0.3 is 0 Å². The Morgan fingerprint density at radius 3 is 2.44 bits per heavy atom. The number of benzene rings is 2. The van der Waals surface area contributed by atoms with Crippen LogP contribution in [0, 0.1) is 0 Å². The Balaban J connectivity index is 2.01. The van der Waals surface area contributed by atoms with E-state index < -0.39 is 0 Å². The van der Waals surface area contributed by atoms with E-state index >= 15 is 0 Å². The van der Waals surface area contributed by atoms with Crippen molar-refractivity contribution in [3.05, 3.63) is 63.6 Å². The minimum Gasteiger partial charge on any atom is -0.325 e. The van der Waals surface area contributed by atoms with Crippen molar-refractivity contribution in [1.82, 2.24) is 0 Å². The van der Waals surface area contributed by atoms with Crippen LogP contribution in [0.15, 0.2) is 53.0 Å². The molecular formula is C14H11BrClNO. The number of rotatable bonds is 3. The Hall–Kier alpha value is -1.32. The minimum atomic E-state index is -0.0516. The van der Waals surface area contributed by atoms with Gasteiger partial charge in [0.25, 0.3) is 0 Å². The second-order valence-corrected chi connectivity index (χ2v) is 5.12. The highest BCUT2D eigenvalue weighted by molar-refractivity contribution is 9.10. The van der Waals surface area contributed by atoms with Crippen LogP contribution in [-0.4, -0.2) is 5.91 Å². The second-order valence-electron chi connectivity index (χ2n) is 3.83. The SMILES string of the molecule is O=C(Cc1ccc(Cl)cc1)Nc1ccccc1Br. The predicted molar refractivity (Wildman–Crippen MR) is 77.9 cm³/mol. The fourth-order valence-electron chi connectivity index (χ4n) is 1.54. The molecule has 0 aromatic heterocycles. The number of nitrogens with one attached hydrogen (secondary N) is 1. The Labute approximate surface area is 119 Å². The lowest BCUT2D eigenvalue weighted by Crippen LogP contribution is -2.14. The van der Waals surface area contributed by atoms with E-state index in [1.54, 1.807) is 12.1 Å². The number of anilines is 1. The largest absolute Gasteiger partial charge is 0.325 e. The zero-order valence-corrected chi connectivity index (χ0v) is 11.8. The molecular weight excluding hydrogens is 314 g/mol. The van der Waals surface area contributed by atoms with Gasteiger partial charge in [-0.15, -0.1) is 0 Å². The van der Waals surface area contributed by atoms with Gasteiger partial charge in [0.2, 0.25) is 5.91 Å². The number of para-hydroxylation sites is 1. The van der Waals surface area contributed by atoms with Crippen LogP contribution in [0.25, 0.3) is 0 Å². The maximum atomic E-state index is 11.9. The van der Waals surface area contributed by atoms with Crippen LogP contribution in [0.1, 0.15) is 5.56 Å². The van der Waals surface area contributed by atoms with Crippen LogP contribution in [0.2, 0.25) is 5.02 Å². The van der Waals surface area contributed by atoms with Crippen LogP contribution in [0.3, 0.4) is 0 Å². The van der Waals surface area contributed by atoms with Crippen molar-refractivity contribution < 1.29 is 4.79 Å². The first kappa shape index (κ1) is 13.1. The standard InChI is InChI=1S/C14H11BrClNO/c15-12-3-1-2-4-13(12)17-14(18)9-10-5-7-11(16)8-6-10/h1-8H,9H2,(H,17,18). The van der Waals surface area contributed by atoms with Gasteiger partial charge in [0.05, 0.1) is 12.1 Å². The van der Waals surface area contributed by atoms with Gasteiger partial charge in [0.1, 0.15) is 0 Å². The summed E-state index contributed by atoms with van der Waals surface area (Å²) in [5.41, 5.74) is 1.71. The molecule has 0 fully saturated rings. The number of halogens is 2. The van der Waals surface area contributed by atoms with E-state index in [0.717, 1.165) is 15.7 Å². The van der Waals surface area contributed by atoms with Crippen molar-refractivity contribution in [3.8, 4) is 0 Å². The van der Waals surface area contributed by atoms with Crippen LogP contribution >= 0.6 is 27.5 Å². The third kappa shape index (κ3) is 3.59. The molecule has 0 spiro atoms. The quantitative estimate of drug-likeness (QED) is 0.897. The maximum absolute atomic E-state index is 11.9. The van der Waals surface area contributed by atoms with Crippen molar-refractivity contribution in [2.75, 3.05) is 5.32 Å². The van der Waals surface area contributed by atoms with Crippen molar-refractivity contribution in [2.45, 2.75) is 6.42 Å². The Kier molecular flexibility index (Phi) is 4.39. The molecule has 0 heterocycles. The Morgan fingerprint density at radius 2 is 1.78 bits per heavy atom. The van der Waals surface area contributed by atoms with Crippen molar-refractivity contribution >= 4 is 39.1 Å². The van der Waals surface area contributed by atoms with E-state index in [1.165, 1.54) is 0 Å². The number of carbonyl (C=O) groups is 1. The first-order chi connectivity index (χ1) is 8.65. The summed E-state index contributed by atoms with van der Waals surface area (Å²) in [5, 5.41) is 3.53. The van der Waals surface area contributed by atoms with E-state index in [0.29, 0.717) is 11.4 Å².